The Balaban J connectivity index is 1.36. The first-order valence-electron chi connectivity index (χ1n) is 8.91. The summed E-state index contributed by atoms with van der Waals surface area (Å²) < 4.78 is 0. The second kappa shape index (κ2) is 7.63. The van der Waals surface area contributed by atoms with E-state index in [0.717, 1.165) is 31.4 Å². The summed E-state index contributed by atoms with van der Waals surface area (Å²) >= 11 is 0. The first kappa shape index (κ1) is 17.4. The van der Waals surface area contributed by atoms with E-state index < -0.39 is 5.54 Å². The van der Waals surface area contributed by atoms with Crippen LogP contribution in [0.25, 0.3) is 0 Å². The van der Waals surface area contributed by atoms with E-state index in [1.165, 1.54) is 4.90 Å². The molecule has 1 aliphatic heterocycles. The Bertz CT molecular complexity index is 641. The van der Waals surface area contributed by atoms with Crippen molar-refractivity contribution in [3.8, 4) is 0 Å². The molecular formula is C18H24N4O3. The smallest absolute Gasteiger partial charge is 0.325 e. The molecule has 0 unspecified atom stereocenters. The van der Waals surface area contributed by atoms with Gasteiger partial charge in [-0.05, 0) is 37.8 Å². The van der Waals surface area contributed by atoms with Crippen molar-refractivity contribution in [3.05, 3.63) is 30.1 Å². The molecule has 2 N–H and O–H groups in total. The molecule has 25 heavy (non-hydrogen) atoms. The standard InChI is InChI=1S/C18H24N4O3/c23-15(8-7-14-6-1-4-11-19-14)20-12-5-13-22-16(24)18(21-17(22)25)9-2-3-10-18/h1,4,6,11H,2-3,5,7-10,12-13H2,(H,20,23)(H,21,25). The second-order valence-corrected chi connectivity index (χ2v) is 6.70. The number of aryl methyl sites for hydroxylation is 1. The van der Waals surface area contributed by atoms with E-state index in [1.54, 1.807) is 6.20 Å². The first-order chi connectivity index (χ1) is 12.1. The van der Waals surface area contributed by atoms with Gasteiger partial charge in [-0.15, -0.1) is 0 Å². The van der Waals surface area contributed by atoms with Gasteiger partial charge in [0.05, 0.1) is 0 Å². The van der Waals surface area contributed by atoms with Crippen LogP contribution in [0.3, 0.4) is 0 Å². The monoisotopic (exact) mass is 344 g/mol. The van der Waals surface area contributed by atoms with Crippen molar-refractivity contribution in [1.29, 1.82) is 0 Å². The number of amides is 4. The van der Waals surface area contributed by atoms with Crippen molar-refractivity contribution in [2.75, 3.05) is 13.1 Å². The highest BCUT2D eigenvalue weighted by Crippen LogP contribution is 2.34. The second-order valence-electron chi connectivity index (χ2n) is 6.70. The third-order valence-electron chi connectivity index (χ3n) is 4.92. The Morgan fingerprint density at radius 1 is 1.28 bits per heavy atom. The van der Waals surface area contributed by atoms with Crippen LogP contribution < -0.4 is 10.6 Å². The average Bonchev–Trinajstić information content (AvgIpc) is 3.18. The molecule has 0 aromatic carbocycles. The molecule has 7 nitrogen and oxygen atoms in total. The van der Waals surface area contributed by atoms with E-state index in [2.05, 4.69) is 15.6 Å². The molecule has 2 fully saturated rings. The molecule has 0 bridgehead atoms. The van der Waals surface area contributed by atoms with Crippen LogP contribution in [0.1, 0.15) is 44.2 Å². The van der Waals surface area contributed by atoms with Crippen LogP contribution in [-0.4, -0.2) is 46.4 Å². The SMILES string of the molecule is O=C(CCc1ccccn1)NCCCN1C(=O)NC2(CCCC2)C1=O. The van der Waals surface area contributed by atoms with Gasteiger partial charge in [-0.2, -0.15) is 0 Å². The first-order valence-corrected chi connectivity index (χ1v) is 8.91. The fourth-order valence-electron chi connectivity index (χ4n) is 3.54. The molecule has 7 heteroatoms. The maximum absolute atomic E-state index is 12.5. The quantitative estimate of drug-likeness (QED) is 0.577. The molecule has 1 spiro atoms. The van der Waals surface area contributed by atoms with Crippen LogP contribution in [0, 0.1) is 0 Å². The van der Waals surface area contributed by atoms with Gasteiger partial charge in [0.15, 0.2) is 0 Å². The molecule has 3 rings (SSSR count). The highest BCUT2D eigenvalue weighted by Gasteiger charge is 2.51. The molecule has 1 saturated heterocycles. The molecule has 1 aromatic heterocycles. The Kier molecular flexibility index (Phi) is 5.31. The summed E-state index contributed by atoms with van der Waals surface area (Å²) in [5, 5.41) is 5.69. The van der Waals surface area contributed by atoms with Gasteiger partial charge in [0.2, 0.25) is 5.91 Å². The maximum Gasteiger partial charge on any atom is 0.325 e. The zero-order valence-electron chi connectivity index (χ0n) is 14.3. The van der Waals surface area contributed by atoms with Gasteiger partial charge >= 0.3 is 6.03 Å². The number of aromatic nitrogens is 1. The number of hydrogen-bond acceptors (Lipinski definition) is 4. The van der Waals surface area contributed by atoms with Crippen molar-refractivity contribution in [2.45, 2.75) is 50.5 Å². The van der Waals surface area contributed by atoms with Crippen molar-refractivity contribution in [3.63, 3.8) is 0 Å². The van der Waals surface area contributed by atoms with Crippen LogP contribution in [0.5, 0.6) is 0 Å². The minimum absolute atomic E-state index is 0.0462. The number of urea groups is 1. The lowest BCUT2D eigenvalue weighted by molar-refractivity contribution is -0.131. The van der Waals surface area contributed by atoms with Gasteiger partial charge in [0.1, 0.15) is 5.54 Å². The Morgan fingerprint density at radius 2 is 2.08 bits per heavy atom. The lowest BCUT2D eigenvalue weighted by Gasteiger charge is -2.20. The molecule has 4 amide bonds. The summed E-state index contributed by atoms with van der Waals surface area (Å²) in [6.07, 6.45) is 6.67. The van der Waals surface area contributed by atoms with E-state index in [-0.39, 0.29) is 17.8 Å². The van der Waals surface area contributed by atoms with E-state index in [0.29, 0.717) is 32.4 Å². The predicted molar refractivity (Wildman–Crippen MR) is 91.6 cm³/mol. The number of nitrogens with zero attached hydrogens (tertiary/aromatic N) is 2. The summed E-state index contributed by atoms with van der Waals surface area (Å²) in [7, 11) is 0. The van der Waals surface area contributed by atoms with E-state index in [1.807, 2.05) is 18.2 Å². The lowest BCUT2D eigenvalue weighted by Crippen LogP contribution is -2.44. The van der Waals surface area contributed by atoms with Crippen molar-refractivity contribution >= 4 is 17.8 Å². The van der Waals surface area contributed by atoms with E-state index >= 15 is 0 Å². The molecule has 0 atom stereocenters. The Morgan fingerprint density at radius 3 is 2.80 bits per heavy atom. The molecule has 0 radical (unpaired) electrons. The van der Waals surface area contributed by atoms with Crippen LogP contribution in [-0.2, 0) is 16.0 Å². The highest BCUT2D eigenvalue weighted by atomic mass is 16.2. The number of pyridine rings is 1. The fourth-order valence-corrected chi connectivity index (χ4v) is 3.54. The molecular weight excluding hydrogens is 320 g/mol. The minimum atomic E-state index is -0.650. The molecule has 1 saturated carbocycles. The highest BCUT2D eigenvalue weighted by molar-refractivity contribution is 6.07. The largest absolute Gasteiger partial charge is 0.356 e. The normalized spacial score (nSPS) is 18.6. The van der Waals surface area contributed by atoms with Gasteiger partial charge in [-0.1, -0.05) is 18.9 Å². The van der Waals surface area contributed by atoms with Crippen molar-refractivity contribution < 1.29 is 14.4 Å². The summed E-state index contributed by atoms with van der Waals surface area (Å²) in [5.74, 6) is -0.147. The predicted octanol–water partition coefficient (Wildman–Crippen LogP) is 1.39. The minimum Gasteiger partial charge on any atom is -0.356 e. The topological polar surface area (TPSA) is 91.4 Å². The number of carbonyl (C=O) groups is 3. The zero-order chi connectivity index (χ0) is 17.7. The maximum atomic E-state index is 12.5. The number of carbonyl (C=O) groups excluding carboxylic acids is 3. The molecule has 1 aromatic rings. The zero-order valence-corrected chi connectivity index (χ0v) is 14.3. The number of rotatable bonds is 7. The van der Waals surface area contributed by atoms with Crippen molar-refractivity contribution in [1.82, 2.24) is 20.5 Å². The Labute approximate surface area is 147 Å². The lowest BCUT2D eigenvalue weighted by atomic mass is 9.98. The van der Waals surface area contributed by atoms with Crippen molar-refractivity contribution in [2.24, 2.45) is 0 Å². The molecule has 134 valence electrons. The van der Waals surface area contributed by atoms with Crippen LogP contribution in [0.15, 0.2) is 24.4 Å². The van der Waals surface area contributed by atoms with E-state index in [4.69, 9.17) is 0 Å². The van der Waals surface area contributed by atoms with Crippen LogP contribution in [0.4, 0.5) is 4.79 Å². The number of hydrogen-bond donors (Lipinski definition) is 2. The molecule has 2 aliphatic rings. The Hall–Kier alpha value is -2.44. The van der Waals surface area contributed by atoms with Gasteiger partial charge in [-0.3, -0.25) is 19.5 Å². The van der Waals surface area contributed by atoms with Gasteiger partial charge in [-0.25, -0.2) is 4.79 Å². The van der Waals surface area contributed by atoms with Gasteiger partial charge in [0, 0.05) is 31.4 Å². The summed E-state index contributed by atoms with van der Waals surface area (Å²) in [6, 6.07) is 5.34. The van der Waals surface area contributed by atoms with Gasteiger partial charge in [0.25, 0.3) is 5.91 Å². The summed E-state index contributed by atoms with van der Waals surface area (Å²) in [6.45, 7) is 0.790. The summed E-state index contributed by atoms with van der Waals surface area (Å²) in [5.41, 5.74) is 0.238. The fraction of sp³-hybridized carbons (Fsp3) is 0.556. The van der Waals surface area contributed by atoms with E-state index in [9.17, 15) is 14.4 Å². The average molecular weight is 344 g/mol. The molecule has 2 heterocycles. The third kappa shape index (κ3) is 3.97. The van der Waals surface area contributed by atoms with Crippen LogP contribution in [0.2, 0.25) is 0 Å². The number of imide groups is 1. The van der Waals surface area contributed by atoms with Gasteiger partial charge < -0.3 is 10.6 Å². The third-order valence-corrected chi connectivity index (χ3v) is 4.92. The molecule has 1 aliphatic carbocycles. The summed E-state index contributed by atoms with van der Waals surface area (Å²) in [4.78, 5) is 41.8. The van der Waals surface area contributed by atoms with Crippen LogP contribution >= 0.6 is 0 Å². The number of nitrogens with one attached hydrogen (secondary N) is 2.